The van der Waals surface area contributed by atoms with Crippen molar-refractivity contribution in [2.24, 2.45) is 0 Å². The van der Waals surface area contributed by atoms with Crippen LogP contribution in [-0.4, -0.2) is 38.7 Å². The highest BCUT2D eigenvalue weighted by molar-refractivity contribution is 7.78. The van der Waals surface area contributed by atoms with Gasteiger partial charge in [0.2, 0.25) is 0 Å². The van der Waals surface area contributed by atoms with Gasteiger partial charge in [-0.3, -0.25) is 0 Å². The molecule has 0 radical (unpaired) electrons. The molecular weight excluding hydrogens is 464 g/mol. The molecule has 5 aromatic rings. The molecule has 1 atom stereocenters. The van der Waals surface area contributed by atoms with Crippen LogP contribution >= 0.6 is 0 Å². The van der Waals surface area contributed by atoms with Crippen LogP contribution in [0.15, 0.2) is 61.2 Å². The second kappa shape index (κ2) is 9.57. The number of hydrogen-bond acceptors (Lipinski definition) is 8. The molecule has 0 fully saturated rings. The zero-order chi connectivity index (χ0) is 24.4. The van der Waals surface area contributed by atoms with Crippen molar-refractivity contribution in [3.05, 3.63) is 83.7 Å². The second-order valence-corrected chi connectivity index (χ2v) is 8.95. The number of aromatic nitrogens is 6. The SMILES string of the molecule is Cc1nc(-c2cc(Cc3ccc(CS(=O)O)cc3)cnc2Nc2ccc(N)nc2)c2[nH]cnc2n1. The summed E-state index contributed by atoms with van der Waals surface area (Å²) in [5, 5.41) is 3.31. The monoisotopic (exact) mass is 486 g/mol. The predicted molar refractivity (Wildman–Crippen MR) is 135 cm³/mol. The minimum atomic E-state index is -1.87. The fourth-order valence-electron chi connectivity index (χ4n) is 3.77. The summed E-state index contributed by atoms with van der Waals surface area (Å²) in [4.78, 5) is 25.4. The fraction of sp³-hybridized carbons (Fsp3) is 0.125. The van der Waals surface area contributed by atoms with Crippen molar-refractivity contribution < 1.29 is 8.76 Å². The largest absolute Gasteiger partial charge is 0.384 e. The fourth-order valence-corrected chi connectivity index (χ4v) is 4.25. The van der Waals surface area contributed by atoms with Gasteiger partial charge >= 0.3 is 0 Å². The van der Waals surface area contributed by atoms with E-state index < -0.39 is 11.1 Å². The Bertz CT molecular complexity index is 1520. The van der Waals surface area contributed by atoms with Crippen LogP contribution in [0.25, 0.3) is 22.4 Å². The highest BCUT2D eigenvalue weighted by Gasteiger charge is 2.17. The summed E-state index contributed by atoms with van der Waals surface area (Å²) in [6.07, 6.45) is 5.68. The van der Waals surface area contributed by atoms with Crippen LogP contribution in [0.4, 0.5) is 17.3 Å². The van der Waals surface area contributed by atoms with Crippen molar-refractivity contribution in [2.45, 2.75) is 19.1 Å². The lowest BCUT2D eigenvalue weighted by Gasteiger charge is -2.14. The lowest BCUT2D eigenvalue weighted by Crippen LogP contribution is -2.02. The average Bonchev–Trinajstić information content (AvgIpc) is 3.30. The van der Waals surface area contributed by atoms with Gasteiger partial charge in [-0.25, -0.2) is 29.1 Å². The van der Waals surface area contributed by atoms with Gasteiger partial charge in [-0.15, -0.1) is 0 Å². The summed E-state index contributed by atoms with van der Waals surface area (Å²) in [6.45, 7) is 1.83. The first-order chi connectivity index (χ1) is 16.9. The maximum absolute atomic E-state index is 11.1. The van der Waals surface area contributed by atoms with E-state index in [1.54, 1.807) is 18.6 Å². The van der Waals surface area contributed by atoms with Crippen LogP contribution in [0.5, 0.6) is 0 Å². The summed E-state index contributed by atoms with van der Waals surface area (Å²) in [6, 6.07) is 13.2. The van der Waals surface area contributed by atoms with Crippen LogP contribution in [0.3, 0.4) is 0 Å². The van der Waals surface area contributed by atoms with E-state index in [0.29, 0.717) is 35.2 Å². The van der Waals surface area contributed by atoms with E-state index in [2.05, 4.69) is 25.3 Å². The van der Waals surface area contributed by atoms with E-state index in [0.717, 1.165) is 33.5 Å². The molecule has 4 heterocycles. The third-order valence-corrected chi connectivity index (χ3v) is 5.95. The molecule has 4 aromatic heterocycles. The van der Waals surface area contributed by atoms with Crippen molar-refractivity contribution in [3.8, 4) is 11.3 Å². The number of benzene rings is 1. The Kier molecular flexibility index (Phi) is 6.17. The van der Waals surface area contributed by atoms with Gasteiger partial charge < -0.3 is 20.6 Å². The zero-order valence-electron chi connectivity index (χ0n) is 18.8. The van der Waals surface area contributed by atoms with Gasteiger partial charge in [0.1, 0.15) is 28.7 Å². The predicted octanol–water partition coefficient (Wildman–Crippen LogP) is 3.76. The first-order valence-electron chi connectivity index (χ1n) is 10.8. The molecule has 176 valence electrons. The molecule has 11 heteroatoms. The molecule has 1 unspecified atom stereocenters. The van der Waals surface area contributed by atoms with E-state index in [-0.39, 0.29) is 5.75 Å². The van der Waals surface area contributed by atoms with Gasteiger partial charge in [0, 0.05) is 11.8 Å². The van der Waals surface area contributed by atoms with Crippen LogP contribution in [0, 0.1) is 6.92 Å². The number of nitrogens with zero attached hydrogens (tertiary/aromatic N) is 5. The normalized spacial score (nSPS) is 12.1. The van der Waals surface area contributed by atoms with Gasteiger partial charge in [-0.1, -0.05) is 24.3 Å². The molecule has 0 saturated heterocycles. The smallest absolute Gasteiger partial charge is 0.181 e. The number of nitrogens with one attached hydrogen (secondary N) is 2. The van der Waals surface area contributed by atoms with Gasteiger partial charge in [-0.05, 0) is 48.2 Å². The van der Waals surface area contributed by atoms with Crippen molar-refractivity contribution in [1.29, 1.82) is 0 Å². The van der Waals surface area contributed by atoms with E-state index in [1.165, 1.54) is 0 Å². The minimum absolute atomic E-state index is 0.111. The molecule has 0 spiro atoms. The third-order valence-electron chi connectivity index (χ3n) is 5.37. The summed E-state index contributed by atoms with van der Waals surface area (Å²) in [5.74, 6) is 1.75. The number of nitrogens with two attached hydrogens (primary N) is 1. The molecule has 5 rings (SSSR count). The maximum atomic E-state index is 11.1. The number of H-pyrrole nitrogens is 1. The van der Waals surface area contributed by atoms with E-state index in [9.17, 15) is 4.21 Å². The van der Waals surface area contributed by atoms with Crippen LogP contribution in [0.1, 0.15) is 22.5 Å². The number of fused-ring (bicyclic) bond motifs is 1. The van der Waals surface area contributed by atoms with Gasteiger partial charge in [0.05, 0.1) is 24.0 Å². The molecule has 5 N–H and O–H groups in total. The number of rotatable bonds is 7. The summed E-state index contributed by atoms with van der Waals surface area (Å²) in [7, 11) is 0. The number of aryl methyl sites for hydroxylation is 1. The quantitative estimate of drug-likeness (QED) is 0.252. The number of imidazole rings is 1. The molecule has 0 aliphatic heterocycles. The number of hydrogen-bond donors (Lipinski definition) is 4. The van der Waals surface area contributed by atoms with Gasteiger partial charge in [-0.2, -0.15) is 0 Å². The molecule has 1 aromatic carbocycles. The van der Waals surface area contributed by atoms with Crippen molar-refractivity contribution >= 4 is 39.6 Å². The number of aromatic amines is 1. The van der Waals surface area contributed by atoms with Gasteiger partial charge in [0.15, 0.2) is 16.7 Å². The van der Waals surface area contributed by atoms with Crippen LogP contribution < -0.4 is 11.1 Å². The van der Waals surface area contributed by atoms with Gasteiger partial charge in [0.25, 0.3) is 0 Å². The molecule has 0 saturated carbocycles. The number of pyridine rings is 2. The first-order valence-corrected chi connectivity index (χ1v) is 12.0. The van der Waals surface area contributed by atoms with Crippen molar-refractivity contribution in [1.82, 2.24) is 29.9 Å². The van der Waals surface area contributed by atoms with E-state index in [1.807, 2.05) is 49.5 Å². The molecule has 0 aliphatic rings. The topological polar surface area (TPSA) is 156 Å². The van der Waals surface area contributed by atoms with Crippen LogP contribution in [-0.2, 0) is 23.3 Å². The Morgan fingerprint density at radius 3 is 2.54 bits per heavy atom. The zero-order valence-corrected chi connectivity index (χ0v) is 19.6. The molecular formula is C24H22N8O2S. The Morgan fingerprint density at radius 2 is 1.80 bits per heavy atom. The van der Waals surface area contributed by atoms with Crippen molar-refractivity contribution in [2.75, 3.05) is 11.1 Å². The summed E-state index contributed by atoms with van der Waals surface area (Å²) in [5.41, 5.74) is 12.1. The molecule has 10 nitrogen and oxygen atoms in total. The minimum Gasteiger partial charge on any atom is -0.384 e. The Labute approximate surface area is 203 Å². The van der Waals surface area contributed by atoms with E-state index >= 15 is 0 Å². The number of nitrogen functional groups attached to an aromatic ring is 1. The maximum Gasteiger partial charge on any atom is 0.181 e. The molecule has 0 aliphatic carbocycles. The van der Waals surface area contributed by atoms with E-state index in [4.69, 9.17) is 20.3 Å². The molecule has 0 bridgehead atoms. The lowest BCUT2D eigenvalue weighted by atomic mass is 10.0. The Hall–Kier alpha value is -4.22. The standard InChI is InChI=1S/C24H22N8O2S/c1-14-30-21(22-24(31-14)29-13-28-22)19-9-17(8-15-2-4-16(5-3-15)12-35(33)34)10-27-23(19)32-18-6-7-20(25)26-11-18/h2-7,9-11,13H,8,12H2,1H3,(H2,25,26)(H,27,32)(H,33,34)(H,28,29,30,31). The Balaban J connectivity index is 1.54. The van der Waals surface area contributed by atoms with Crippen LogP contribution in [0.2, 0.25) is 0 Å². The molecule has 35 heavy (non-hydrogen) atoms. The first kappa shape index (κ1) is 22.6. The third kappa shape index (κ3) is 5.15. The highest BCUT2D eigenvalue weighted by Crippen LogP contribution is 2.32. The number of anilines is 3. The summed E-state index contributed by atoms with van der Waals surface area (Å²) < 4.78 is 20.2. The lowest BCUT2D eigenvalue weighted by molar-refractivity contribution is 0.563. The Morgan fingerprint density at radius 1 is 1.00 bits per heavy atom. The highest BCUT2D eigenvalue weighted by atomic mass is 32.2. The summed E-state index contributed by atoms with van der Waals surface area (Å²) >= 11 is -1.87. The second-order valence-electron chi connectivity index (χ2n) is 8.02. The van der Waals surface area contributed by atoms with Crippen molar-refractivity contribution in [3.63, 3.8) is 0 Å². The molecule has 0 amide bonds. The average molecular weight is 487 g/mol.